The fraction of sp³-hybridized carbons (Fsp3) is 0.500. The topological polar surface area (TPSA) is 34.0 Å². The Labute approximate surface area is 89.2 Å². The predicted molar refractivity (Wildman–Crippen MR) is 56.7 cm³/mol. The molecule has 15 heavy (non-hydrogen) atoms. The number of rotatable bonds is 3. The van der Waals surface area contributed by atoms with Crippen molar-refractivity contribution in [3.8, 4) is 0 Å². The summed E-state index contributed by atoms with van der Waals surface area (Å²) in [6, 6.07) is 10.9. The fourth-order valence-electron chi connectivity index (χ4n) is 2.33. The molecule has 0 radical (unpaired) electrons. The Hall–Kier alpha value is -1.22. The van der Waals surface area contributed by atoms with Crippen LogP contribution in [0.5, 0.6) is 0 Å². The summed E-state index contributed by atoms with van der Waals surface area (Å²) in [7, 11) is 0. The average molecular weight is 202 g/mol. The van der Waals surface area contributed by atoms with Crippen LogP contribution < -0.4 is 0 Å². The summed E-state index contributed by atoms with van der Waals surface area (Å²) >= 11 is 0. The second-order valence-electron chi connectivity index (χ2n) is 4.20. The van der Waals surface area contributed by atoms with E-state index in [1.165, 1.54) is 5.56 Å². The molecule has 3 atom stereocenters. The summed E-state index contributed by atoms with van der Waals surface area (Å²) in [5.41, 5.74) is 1.23. The summed E-state index contributed by atoms with van der Waals surface area (Å²) in [6.45, 7) is 0.684. The fourth-order valence-corrected chi connectivity index (χ4v) is 2.33. The standard InChI is InChI=1S/C12H14N2O/c1-2-4-9(5-3-1)8-15-12-10-6-7-11(12)14-13-10/h1-5,10-12H,6-8H2/t10-,11+,12?. The summed E-state index contributed by atoms with van der Waals surface area (Å²) in [6.07, 6.45) is 2.53. The van der Waals surface area contributed by atoms with Crippen LogP contribution in [0.25, 0.3) is 0 Å². The molecule has 0 aromatic heterocycles. The van der Waals surface area contributed by atoms with Crippen LogP contribution in [0.1, 0.15) is 18.4 Å². The maximum absolute atomic E-state index is 5.89. The molecule has 0 spiro atoms. The largest absolute Gasteiger partial charge is 0.369 e. The smallest absolute Gasteiger partial charge is 0.106 e. The summed E-state index contributed by atoms with van der Waals surface area (Å²) in [5.74, 6) is 0. The number of azo groups is 1. The highest BCUT2D eigenvalue weighted by molar-refractivity contribution is 5.13. The maximum Gasteiger partial charge on any atom is 0.106 e. The predicted octanol–water partition coefficient (Wildman–Crippen LogP) is 2.57. The van der Waals surface area contributed by atoms with Gasteiger partial charge in [0.2, 0.25) is 0 Å². The molecule has 0 N–H and O–H groups in total. The quantitative estimate of drug-likeness (QED) is 0.741. The molecule has 1 aromatic carbocycles. The van der Waals surface area contributed by atoms with Gasteiger partial charge >= 0.3 is 0 Å². The van der Waals surface area contributed by atoms with Crippen molar-refractivity contribution in [3.05, 3.63) is 35.9 Å². The van der Waals surface area contributed by atoms with E-state index in [1.807, 2.05) is 18.2 Å². The molecular weight excluding hydrogens is 188 g/mol. The first-order valence-electron chi connectivity index (χ1n) is 5.49. The van der Waals surface area contributed by atoms with Crippen LogP contribution in [0.2, 0.25) is 0 Å². The molecule has 0 saturated heterocycles. The van der Waals surface area contributed by atoms with E-state index in [-0.39, 0.29) is 6.10 Å². The van der Waals surface area contributed by atoms with Crippen molar-refractivity contribution in [2.75, 3.05) is 0 Å². The van der Waals surface area contributed by atoms with Gasteiger partial charge in [0.05, 0.1) is 18.7 Å². The van der Waals surface area contributed by atoms with E-state index < -0.39 is 0 Å². The molecule has 1 saturated carbocycles. The first-order valence-corrected chi connectivity index (χ1v) is 5.49. The van der Waals surface area contributed by atoms with E-state index in [1.54, 1.807) is 0 Å². The van der Waals surface area contributed by atoms with Gasteiger partial charge in [-0.2, -0.15) is 10.2 Å². The highest BCUT2D eigenvalue weighted by atomic mass is 16.5. The van der Waals surface area contributed by atoms with Crippen molar-refractivity contribution in [3.63, 3.8) is 0 Å². The first kappa shape index (κ1) is 9.04. The monoisotopic (exact) mass is 202 g/mol. The lowest BCUT2D eigenvalue weighted by Crippen LogP contribution is -2.25. The summed E-state index contributed by atoms with van der Waals surface area (Å²) in [4.78, 5) is 0. The van der Waals surface area contributed by atoms with E-state index in [9.17, 15) is 0 Å². The van der Waals surface area contributed by atoms with E-state index in [0.29, 0.717) is 18.7 Å². The maximum atomic E-state index is 5.89. The molecule has 3 nitrogen and oxygen atoms in total. The minimum absolute atomic E-state index is 0.241. The van der Waals surface area contributed by atoms with Crippen LogP contribution in [-0.2, 0) is 11.3 Å². The summed E-state index contributed by atoms with van der Waals surface area (Å²) < 4.78 is 5.89. The van der Waals surface area contributed by atoms with E-state index in [4.69, 9.17) is 4.74 Å². The van der Waals surface area contributed by atoms with Crippen LogP contribution in [0.3, 0.4) is 0 Å². The Kier molecular flexibility index (Phi) is 2.25. The lowest BCUT2D eigenvalue weighted by molar-refractivity contribution is 0.0377. The normalized spacial score (nSPS) is 32.4. The van der Waals surface area contributed by atoms with Crippen LogP contribution in [0.15, 0.2) is 40.6 Å². The van der Waals surface area contributed by atoms with Crippen molar-refractivity contribution in [1.29, 1.82) is 0 Å². The molecule has 2 bridgehead atoms. The third-order valence-electron chi connectivity index (χ3n) is 3.17. The zero-order valence-electron chi connectivity index (χ0n) is 8.54. The van der Waals surface area contributed by atoms with Crippen LogP contribution >= 0.6 is 0 Å². The third-order valence-corrected chi connectivity index (χ3v) is 3.17. The van der Waals surface area contributed by atoms with Gasteiger partial charge in [0, 0.05) is 0 Å². The Morgan fingerprint density at radius 2 is 1.73 bits per heavy atom. The van der Waals surface area contributed by atoms with Crippen LogP contribution in [-0.4, -0.2) is 18.2 Å². The zero-order chi connectivity index (χ0) is 10.1. The first-order chi connectivity index (χ1) is 7.43. The molecule has 1 aliphatic heterocycles. The Balaban J connectivity index is 1.60. The number of nitrogens with zero attached hydrogens (tertiary/aromatic N) is 2. The molecule has 1 aliphatic carbocycles. The average Bonchev–Trinajstić information content (AvgIpc) is 2.87. The third kappa shape index (κ3) is 1.67. The number of hydrogen-bond donors (Lipinski definition) is 0. The van der Waals surface area contributed by atoms with Crippen molar-refractivity contribution < 1.29 is 4.74 Å². The molecule has 1 unspecified atom stereocenters. The van der Waals surface area contributed by atoms with Gasteiger partial charge in [-0.15, -0.1) is 0 Å². The highest BCUT2D eigenvalue weighted by Gasteiger charge is 2.41. The number of benzene rings is 1. The van der Waals surface area contributed by atoms with Crippen LogP contribution in [0, 0.1) is 0 Å². The highest BCUT2D eigenvalue weighted by Crippen LogP contribution is 2.34. The van der Waals surface area contributed by atoms with Crippen molar-refractivity contribution in [2.24, 2.45) is 10.2 Å². The minimum Gasteiger partial charge on any atom is -0.369 e. The van der Waals surface area contributed by atoms with Crippen molar-refractivity contribution in [1.82, 2.24) is 0 Å². The summed E-state index contributed by atoms with van der Waals surface area (Å²) in [5, 5.41) is 8.40. The van der Waals surface area contributed by atoms with Gasteiger partial charge in [-0.3, -0.25) is 0 Å². The van der Waals surface area contributed by atoms with Gasteiger partial charge in [0.1, 0.15) is 6.10 Å². The van der Waals surface area contributed by atoms with Gasteiger partial charge in [-0.05, 0) is 18.4 Å². The van der Waals surface area contributed by atoms with Gasteiger partial charge in [-0.1, -0.05) is 30.3 Å². The lowest BCUT2D eigenvalue weighted by Gasteiger charge is -2.13. The van der Waals surface area contributed by atoms with Crippen molar-refractivity contribution >= 4 is 0 Å². The molecular formula is C12H14N2O. The molecule has 0 amide bonds. The van der Waals surface area contributed by atoms with Gasteiger partial charge in [0.15, 0.2) is 0 Å². The van der Waals surface area contributed by atoms with Gasteiger partial charge < -0.3 is 4.74 Å². The van der Waals surface area contributed by atoms with Crippen molar-refractivity contribution in [2.45, 2.75) is 37.6 Å². The lowest BCUT2D eigenvalue weighted by atomic mass is 10.2. The molecule has 3 rings (SSSR count). The Bertz CT molecular complexity index is 349. The van der Waals surface area contributed by atoms with E-state index >= 15 is 0 Å². The Morgan fingerprint density at radius 1 is 1.07 bits per heavy atom. The number of fused-ring (bicyclic) bond motifs is 2. The van der Waals surface area contributed by atoms with Gasteiger partial charge in [0.25, 0.3) is 0 Å². The van der Waals surface area contributed by atoms with E-state index in [0.717, 1.165) is 12.8 Å². The second kappa shape index (κ2) is 3.74. The number of hydrogen-bond acceptors (Lipinski definition) is 3. The zero-order valence-corrected chi connectivity index (χ0v) is 8.54. The molecule has 3 heteroatoms. The second-order valence-corrected chi connectivity index (χ2v) is 4.20. The van der Waals surface area contributed by atoms with E-state index in [2.05, 4.69) is 22.4 Å². The molecule has 78 valence electrons. The molecule has 1 aromatic rings. The number of ether oxygens (including phenoxy) is 1. The Morgan fingerprint density at radius 3 is 2.33 bits per heavy atom. The molecule has 2 aliphatic rings. The van der Waals surface area contributed by atoms with Crippen LogP contribution in [0.4, 0.5) is 0 Å². The molecule has 1 fully saturated rings. The minimum atomic E-state index is 0.241. The van der Waals surface area contributed by atoms with Gasteiger partial charge in [-0.25, -0.2) is 0 Å². The SMILES string of the molecule is c1ccc(COC2[C@@H]3CC[C@H]2N=N3)cc1. The molecule has 1 heterocycles.